The second-order valence-electron chi connectivity index (χ2n) is 7.23. The van der Waals surface area contributed by atoms with Crippen molar-refractivity contribution in [2.75, 3.05) is 6.61 Å². The highest BCUT2D eigenvalue weighted by atomic mass is 16.5. The first kappa shape index (κ1) is 17.0. The molecule has 4 nitrogen and oxygen atoms in total. The van der Waals surface area contributed by atoms with Gasteiger partial charge in [0.05, 0.1) is 13.2 Å². The lowest BCUT2D eigenvalue weighted by Crippen LogP contribution is -2.37. The number of hydrogen-bond acceptors (Lipinski definition) is 3. The van der Waals surface area contributed by atoms with E-state index in [1.165, 1.54) is 11.1 Å². The third-order valence-electron chi connectivity index (χ3n) is 4.15. The van der Waals surface area contributed by atoms with E-state index in [2.05, 4.69) is 38.2 Å². The summed E-state index contributed by atoms with van der Waals surface area (Å²) in [5.74, 6) is -0.773. The molecule has 0 fully saturated rings. The van der Waals surface area contributed by atoms with Crippen molar-refractivity contribution >= 4 is 5.97 Å². The number of benzene rings is 1. The third kappa shape index (κ3) is 4.82. The summed E-state index contributed by atoms with van der Waals surface area (Å²) in [4.78, 5) is 11.4. The van der Waals surface area contributed by atoms with Crippen LogP contribution in [-0.2, 0) is 29.1 Å². The van der Waals surface area contributed by atoms with Gasteiger partial charge in [0, 0.05) is 6.54 Å². The molecule has 1 heterocycles. The van der Waals surface area contributed by atoms with Crippen molar-refractivity contribution in [1.82, 2.24) is 5.32 Å². The zero-order valence-corrected chi connectivity index (χ0v) is 13.8. The highest BCUT2D eigenvalue weighted by Gasteiger charge is 2.21. The Morgan fingerprint density at radius 2 is 2.18 bits per heavy atom. The Kier molecular flexibility index (Phi) is 5.59. The summed E-state index contributed by atoms with van der Waals surface area (Å²) >= 11 is 0. The summed E-state index contributed by atoms with van der Waals surface area (Å²) in [6.45, 7) is 8.39. The van der Waals surface area contributed by atoms with E-state index in [1.807, 2.05) is 6.07 Å². The third-order valence-corrected chi connectivity index (χ3v) is 4.15. The van der Waals surface area contributed by atoms with Gasteiger partial charge in [0.15, 0.2) is 0 Å². The van der Waals surface area contributed by atoms with Crippen LogP contribution < -0.4 is 5.32 Å². The summed E-state index contributed by atoms with van der Waals surface area (Å²) in [7, 11) is 0. The molecule has 1 atom stereocenters. The van der Waals surface area contributed by atoms with Crippen LogP contribution in [0.1, 0.15) is 50.3 Å². The van der Waals surface area contributed by atoms with E-state index in [9.17, 15) is 9.90 Å². The number of carbonyl (C=O) groups is 1. The summed E-state index contributed by atoms with van der Waals surface area (Å²) in [6, 6.07) is 5.74. The van der Waals surface area contributed by atoms with Crippen molar-refractivity contribution in [2.24, 2.45) is 5.41 Å². The molecule has 1 aliphatic rings. The van der Waals surface area contributed by atoms with Gasteiger partial charge in [-0.3, -0.25) is 4.79 Å². The molecule has 1 aromatic carbocycles. The Morgan fingerprint density at radius 1 is 1.41 bits per heavy atom. The average molecular weight is 305 g/mol. The molecular formula is C18H27NO3. The van der Waals surface area contributed by atoms with Gasteiger partial charge in [-0.25, -0.2) is 0 Å². The van der Waals surface area contributed by atoms with Gasteiger partial charge >= 0.3 is 5.97 Å². The summed E-state index contributed by atoms with van der Waals surface area (Å²) in [6.07, 6.45) is 2.47. The first-order chi connectivity index (χ1) is 10.4. The van der Waals surface area contributed by atoms with E-state index in [-0.39, 0.29) is 5.41 Å². The Labute approximate surface area is 132 Å². The number of hydrogen-bond donors (Lipinski definition) is 2. The fourth-order valence-corrected chi connectivity index (χ4v) is 2.75. The first-order valence-electron chi connectivity index (χ1n) is 8.00. The zero-order valence-electron chi connectivity index (χ0n) is 13.8. The summed E-state index contributed by atoms with van der Waals surface area (Å²) < 4.78 is 5.54. The van der Waals surface area contributed by atoms with E-state index in [4.69, 9.17) is 4.74 Å². The standard InChI is InChI=1S/C18H27NO3/c1-18(2,3)9-7-16(17(20)21)19-11-14-6-4-5-13-8-10-22-12-15(13)14/h4-6,16,19H,7-12H2,1-3H3,(H,20,21). The number of nitrogens with one attached hydrogen (secondary N) is 1. The van der Waals surface area contributed by atoms with Gasteiger partial charge in [0.1, 0.15) is 6.04 Å². The van der Waals surface area contributed by atoms with E-state index in [0.717, 1.165) is 25.0 Å². The van der Waals surface area contributed by atoms with E-state index in [0.29, 0.717) is 19.6 Å². The van der Waals surface area contributed by atoms with Crippen LogP contribution in [0.5, 0.6) is 0 Å². The number of ether oxygens (including phenoxy) is 1. The van der Waals surface area contributed by atoms with Crippen LogP contribution in [0.15, 0.2) is 18.2 Å². The van der Waals surface area contributed by atoms with Crippen molar-refractivity contribution in [3.63, 3.8) is 0 Å². The monoisotopic (exact) mass is 305 g/mol. The number of carboxylic acids is 1. The van der Waals surface area contributed by atoms with Gasteiger partial charge in [-0.1, -0.05) is 39.0 Å². The topological polar surface area (TPSA) is 58.6 Å². The molecule has 0 amide bonds. The molecular weight excluding hydrogens is 278 g/mol. The van der Waals surface area contributed by atoms with Crippen molar-refractivity contribution in [1.29, 1.82) is 0 Å². The van der Waals surface area contributed by atoms with Crippen LogP contribution in [0, 0.1) is 5.41 Å². The van der Waals surface area contributed by atoms with Crippen LogP contribution in [0.3, 0.4) is 0 Å². The fourth-order valence-electron chi connectivity index (χ4n) is 2.75. The quantitative estimate of drug-likeness (QED) is 0.848. The molecule has 0 bridgehead atoms. The molecule has 1 aliphatic heterocycles. The molecule has 0 saturated carbocycles. The van der Waals surface area contributed by atoms with Gasteiger partial charge in [-0.05, 0) is 41.4 Å². The van der Waals surface area contributed by atoms with Gasteiger partial charge in [0.25, 0.3) is 0 Å². The van der Waals surface area contributed by atoms with Crippen LogP contribution >= 0.6 is 0 Å². The number of carboxylic acid groups (broad SMARTS) is 1. The Hall–Kier alpha value is -1.39. The van der Waals surface area contributed by atoms with E-state index < -0.39 is 12.0 Å². The lowest BCUT2D eigenvalue weighted by Gasteiger charge is -2.23. The molecule has 0 spiro atoms. The highest BCUT2D eigenvalue weighted by Crippen LogP contribution is 2.23. The van der Waals surface area contributed by atoms with Gasteiger partial charge in [-0.15, -0.1) is 0 Å². The summed E-state index contributed by atoms with van der Waals surface area (Å²) in [5.41, 5.74) is 3.85. The minimum absolute atomic E-state index is 0.148. The molecule has 0 aromatic heterocycles. The van der Waals surface area contributed by atoms with Crippen molar-refractivity contribution in [3.8, 4) is 0 Å². The van der Waals surface area contributed by atoms with Crippen molar-refractivity contribution < 1.29 is 14.6 Å². The molecule has 122 valence electrons. The fraction of sp³-hybridized carbons (Fsp3) is 0.611. The maximum Gasteiger partial charge on any atom is 0.320 e. The van der Waals surface area contributed by atoms with E-state index in [1.54, 1.807) is 0 Å². The number of rotatable bonds is 6. The molecule has 0 radical (unpaired) electrons. The lowest BCUT2D eigenvalue weighted by molar-refractivity contribution is -0.139. The van der Waals surface area contributed by atoms with Crippen molar-refractivity contribution in [3.05, 3.63) is 34.9 Å². The molecule has 2 rings (SSSR count). The Bertz CT molecular complexity index is 520. The molecule has 1 unspecified atom stereocenters. The molecule has 22 heavy (non-hydrogen) atoms. The minimum atomic E-state index is -0.773. The maximum absolute atomic E-state index is 11.4. The van der Waals surface area contributed by atoms with Crippen LogP contribution in [0.4, 0.5) is 0 Å². The predicted molar refractivity (Wildman–Crippen MR) is 86.8 cm³/mol. The predicted octanol–water partition coefficient (Wildman–Crippen LogP) is 3.13. The highest BCUT2D eigenvalue weighted by molar-refractivity contribution is 5.73. The molecule has 0 aliphatic carbocycles. The van der Waals surface area contributed by atoms with Crippen molar-refractivity contribution in [2.45, 2.75) is 59.2 Å². The maximum atomic E-state index is 11.4. The molecule has 4 heteroatoms. The second-order valence-corrected chi connectivity index (χ2v) is 7.23. The summed E-state index contributed by atoms with van der Waals surface area (Å²) in [5, 5.41) is 12.6. The van der Waals surface area contributed by atoms with Crippen LogP contribution in [0.2, 0.25) is 0 Å². The molecule has 1 aromatic rings. The van der Waals surface area contributed by atoms with Crippen LogP contribution in [0.25, 0.3) is 0 Å². The zero-order chi connectivity index (χ0) is 16.2. The minimum Gasteiger partial charge on any atom is -0.480 e. The van der Waals surface area contributed by atoms with Gasteiger partial charge in [-0.2, -0.15) is 0 Å². The average Bonchev–Trinajstić information content (AvgIpc) is 2.45. The smallest absolute Gasteiger partial charge is 0.320 e. The van der Waals surface area contributed by atoms with Crippen LogP contribution in [-0.4, -0.2) is 23.7 Å². The van der Waals surface area contributed by atoms with Gasteiger partial charge in [0.2, 0.25) is 0 Å². The molecule has 0 saturated heterocycles. The largest absolute Gasteiger partial charge is 0.480 e. The normalized spacial score (nSPS) is 16.1. The Morgan fingerprint density at radius 3 is 2.86 bits per heavy atom. The molecule has 2 N–H and O–H groups in total. The lowest BCUT2D eigenvalue weighted by atomic mass is 9.88. The van der Waals surface area contributed by atoms with E-state index >= 15 is 0 Å². The number of aliphatic carboxylic acids is 1. The number of fused-ring (bicyclic) bond motifs is 1. The van der Waals surface area contributed by atoms with Gasteiger partial charge < -0.3 is 15.2 Å². The second kappa shape index (κ2) is 7.25. The SMILES string of the molecule is CC(C)(C)CCC(NCc1cccc2c1COCC2)C(=O)O. The Balaban J connectivity index is 1.99. The first-order valence-corrected chi connectivity index (χ1v) is 8.00.